The molecule has 0 radical (unpaired) electrons. The lowest BCUT2D eigenvalue weighted by atomic mass is 10.1. The summed E-state index contributed by atoms with van der Waals surface area (Å²) in [7, 11) is 1.29. The minimum absolute atomic E-state index is 0.334. The van der Waals surface area contributed by atoms with Gasteiger partial charge in [0.2, 0.25) is 0 Å². The number of benzene rings is 1. The second kappa shape index (κ2) is 7.70. The van der Waals surface area contributed by atoms with Crippen molar-refractivity contribution in [3.63, 3.8) is 0 Å². The van der Waals surface area contributed by atoms with Crippen LogP contribution in [0, 0.1) is 0 Å². The molecule has 1 atom stereocenters. The van der Waals surface area contributed by atoms with Crippen LogP contribution < -0.4 is 5.32 Å². The summed E-state index contributed by atoms with van der Waals surface area (Å²) in [5.74, 6) is -0.879. The minimum Gasteiger partial charge on any atom is -0.467 e. The van der Waals surface area contributed by atoms with Crippen molar-refractivity contribution in [2.45, 2.75) is 26.3 Å². The Morgan fingerprint density at radius 2 is 2.00 bits per heavy atom. The summed E-state index contributed by atoms with van der Waals surface area (Å²) in [6.07, 6.45) is 2.25. The molecule has 1 aromatic rings. The molecule has 1 rings (SSSR count). The SMILES string of the molecule is COC(=O)[C@@H](CC=C(C)C)NC(=O)c1ccccc1Cl. The summed E-state index contributed by atoms with van der Waals surface area (Å²) in [5, 5.41) is 2.98. The highest BCUT2D eigenvalue weighted by Crippen LogP contribution is 2.15. The average molecular weight is 296 g/mol. The van der Waals surface area contributed by atoms with Crippen LogP contribution in [0.3, 0.4) is 0 Å². The Morgan fingerprint density at radius 3 is 2.55 bits per heavy atom. The predicted octanol–water partition coefficient (Wildman–Crippen LogP) is 2.97. The number of amides is 1. The molecule has 0 saturated heterocycles. The molecule has 20 heavy (non-hydrogen) atoms. The second-order valence-electron chi connectivity index (χ2n) is 4.55. The third-order valence-corrected chi connectivity index (χ3v) is 3.00. The molecule has 0 spiro atoms. The van der Waals surface area contributed by atoms with E-state index in [1.54, 1.807) is 24.3 Å². The van der Waals surface area contributed by atoms with Crippen LogP contribution in [0.25, 0.3) is 0 Å². The number of hydrogen-bond acceptors (Lipinski definition) is 3. The molecule has 0 aromatic heterocycles. The largest absolute Gasteiger partial charge is 0.467 e. The van der Waals surface area contributed by atoms with Crippen molar-refractivity contribution in [1.29, 1.82) is 0 Å². The van der Waals surface area contributed by atoms with Gasteiger partial charge in [0.15, 0.2) is 0 Å². The molecule has 1 amide bonds. The molecular formula is C15H18ClNO3. The van der Waals surface area contributed by atoms with Crippen LogP contribution in [-0.4, -0.2) is 25.0 Å². The number of nitrogens with one attached hydrogen (secondary N) is 1. The van der Waals surface area contributed by atoms with Crippen LogP contribution in [0.4, 0.5) is 0 Å². The van der Waals surface area contributed by atoms with E-state index >= 15 is 0 Å². The van der Waals surface area contributed by atoms with Gasteiger partial charge in [0.25, 0.3) is 5.91 Å². The van der Waals surface area contributed by atoms with E-state index in [0.717, 1.165) is 5.57 Å². The number of carbonyl (C=O) groups is 2. The Bertz CT molecular complexity index is 522. The number of hydrogen-bond donors (Lipinski definition) is 1. The van der Waals surface area contributed by atoms with Gasteiger partial charge in [-0.2, -0.15) is 0 Å². The van der Waals surface area contributed by atoms with Gasteiger partial charge in [-0.1, -0.05) is 35.4 Å². The predicted molar refractivity (Wildman–Crippen MR) is 78.8 cm³/mol. The standard InChI is InChI=1S/C15H18ClNO3/c1-10(2)8-9-13(15(19)20-3)17-14(18)11-6-4-5-7-12(11)16/h4-8,13H,9H2,1-3H3,(H,17,18)/t13-/m1/s1. The summed E-state index contributed by atoms with van der Waals surface area (Å²) in [6, 6.07) is 5.95. The van der Waals surface area contributed by atoms with E-state index in [9.17, 15) is 9.59 Å². The first-order chi connectivity index (χ1) is 9.45. The van der Waals surface area contributed by atoms with E-state index in [4.69, 9.17) is 16.3 Å². The topological polar surface area (TPSA) is 55.4 Å². The molecule has 0 bridgehead atoms. The highest BCUT2D eigenvalue weighted by atomic mass is 35.5. The van der Waals surface area contributed by atoms with Gasteiger partial charge in [-0.3, -0.25) is 4.79 Å². The third-order valence-electron chi connectivity index (χ3n) is 2.67. The zero-order valence-corrected chi connectivity index (χ0v) is 12.5. The molecule has 0 aliphatic carbocycles. The molecule has 0 unspecified atom stereocenters. The number of halogens is 1. The quantitative estimate of drug-likeness (QED) is 0.671. The van der Waals surface area contributed by atoms with Crippen LogP contribution in [0.2, 0.25) is 5.02 Å². The third kappa shape index (κ3) is 4.70. The van der Waals surface area contributed by atoms with E-state index in [-0.39, 0.29) is 0 Å². The Labute approximate surface area is 123 Å². The molecule has 0 heterocycles. The fourth-order valence-electron chi connectivity index (χ4n) is 1.59. The molecule has 4 nitrogen and oxygen atoms in total. The van der Waals surface area contributed by atoms with E-state index < -0.39 is 17.9 Å². The van der Waals surface area contributed by atoms with E-state index in [1.807, 2.05) is 19.9 Å². The zero-order chi connectivity index (χ0) is 15.1. The fourth-order valence-corrected chi connectivity index (χ4v) is 1.81. The maximum atomic E-state index is 12.1. The lowest BCUT2D eigenvalue weighted by Crippen LogP contribution is -2.41. The summed E-state index contributed by atoms with van der Waals surface area (Å²) in [5.41, 5.74) is 1.39. The van der Waals surface area contributed by atoms with Crippen molar-refractivity contribution in [2.24, 2.45) is 0 Å². The Balaban J connectivity index is 2.84. The maximum absolute atomic E-state index is 12.1. The van der Waals surface area contributed by atoms with Crippen molar-refractivity contribution in [3.05, 3.63) is 46.5 Å². The molecule has 5 heteroatoms. The summed E-state index contributed by atoms with van der Waals surface area (Å²) in [4.78, 5) is 23.8. The van der Waals surface area contributed by atoms with Crippen molar-refractivity contribution < 1.29 is 14.3 Å². The van der Waals surface area contributed by atoms with Crippen molar-refractivity contribution in [1.82, 2.24) is 5.32 Å². The summed E-state index contributed by atoms with van der Waals surface area (Å²) >= 11 is 5.95. The van der Waals surface area contributed by atoms with Crippen LogP contribution in [0.15, 0.2) is 35.9 Å². The van der Waals surface area contributed by atoms with Gasteiger partial charge >= 0.3 is 5.97 Å². The van der Waals surface area contributed by atoms with Gasteiger partial charge in [0, 0.05) is 0 Å². The van der Waals surface area contributed by atoms with Crippen molar-refractivity contribution in [2.75, 3.05) is 7.11 Å². The van der Waals surface area contributed by atoms with Gasteiger partial charge in [0.05, 0.1) is 17.7 Å². The monoisotopic (exact) mass is 295 g/mol. The molecule has 0 saturated carbocycles. The zero-order valence-electron chi connectivity index (χ0n) is 11.8. The Morgan fingerprint density at radius 1 is 1.35 bits per heavy atom. The van der Waals surface area contributed by atoms with Crippen LogP contribution in [0.1, 0.15) is 30.6 Å². The van der Waals surface area contributed by atoms with E-state index in [1.165, 1.54) is 7.11 Å². The number of esters is 1. The van der Waals surface area contributed by atoms with Crippen LogP contribution in [0.5, 0.6) is 0 Å². The van der Waals surface area contributed by atoms with Crippen LogP contribution in [-0.2, 0) is 9.53 Å². The highest BCUT2D eigenvalue weighted by molar-refractivity contribution is 6.33. The van der Waals surface area contributed by atoms with Crippen molar-refractivity contribution in [3.8, 4) is 0 Å². The molecule has 0 aliphatic heterocycles. The highest BCUT2D eigenvalue weighted by Gasteiger charge is 2.21. The Kier molecular flexibility index (Phi) is 6.25. The maximum Gasteiger partial charge on any atom is 0.328 e. The van der Waals surface area contributed by atoms with Gasteiger partial charge in [0.1, 0.15) is 6.04 Å². The number of allylic oxidation sites excluding steroid dienone is 1. The first kappa shape index (κ1) is 16.2. The molecule has 108 valence electrons. The average Bonchev–Trinajstić information content (AvgIpc) is 2.42. The van der Waals surface area contributed by atoms with E-state index in [2.05, 4.69) is 5.32 Å². The second-order valence-corrected chi connectivity index (χ2v) is 4.95. The van der Waals surface area contributed by atoms with Gasteiger partial charge in [-0.15, -0.1) is 0 Å². The van der Waals surface area contributed by atoms with Gasteiger partial charge in [-0.25, -0.2) is 4.79 Å². The summed E-state index contributed by atoms with van der Waals surface area (Å²) in [6.45, 7) is 3.84. The number of carbonyl (C=O) groups excluding carboxylic acids is 2. The van der Waals surface area contributed by atoms with Crippen molar-refractivity contribution >= 4 is 23.5 Å². The van der Waals surface area contributed by atoms with Crippen LogP contribution >= 0.6 is 11.6 Å². The lowest BCUT2D eigenvalue weighted by molar-refractivity contribution is -0.142. The Hall–Kier alpha value is -1.81. The molecule has 1 N–H and O–H groups in total. The molecule has 0 aliphatic rings. The number of methoxy groups -OCH3 is 1. The smallest absolute Gasteiger partial charge is 0.328 e. The number of ether oxygens (including phenoxy) is 1. The van der Waals surface area contributed by atoms with Gasteiger partial charge < -0.3 is 10.1 Å². The summed E-state index contributed by atoms with van der Waals surface area (Å²) < 4.78 is 4.70. The normalized spacial score (nSPS) is 11.4. The van der Waals surface area contributed by atoms with E-state index in [0.29, 0.717) is 17.0 Å². The minimum atomic E-state index is -0.723. The lowest BCUT2D eigenvalue weighted by Gasteiger charge is -2.15. The van der Waals surface area contributed by atoms with Gasteiger partial charge in [-0.05, 0) is 32.4 Å². The fraction of sp³-hybridized carbons (Fsp3) is 0.333. The molecular weight excluding hydrogens is 278 g/mol. The molecule has 1 aromatic carbocycles. The number of rotatable bonds is 5. The first-order valence-electron chi connectivity index (χ1n) is 6.22. The molecule has 0 fully saturated rings. The first-order valence-corrected chi connectivity index (χ1v) is 6.60.